The predicted molar refractivity (Wildman–Crippen MR) is 115 cm³/mol. The summed E-state index contributed by atoms with van der Waals surface area (Å²) in [6.07, 6.45) is 1.000. The first kappa shape index (κ1) is 19.6. The van der Waals surface area contributed by atoms with E-state index in [-0.39, 0.29) is 11.9 Å². The van der Waals surface area contributed by atoms with Gasteiger partial charge in [-0.25, -0.2) is 5.01 Å². The maximum Gasteiger partial charge on any atom is 0.275 e. The second-order valence-electron chi connectivity index (χ2n) is 6.70. The van der Waals surface area contributed by atoms with Crippen LogP contribution in [0.15, 0.2) is 84.0 Å². The van der Waals surface area contributed by atoms with Crippen LogP contribution in [0.5, 0.6) is 0 Å². The van der Waals surface area contributed by atoms with E-state index in [9.17, 15) is 4.79 Å². The Morgan fingerprint density at radius 2 is 1.66 bits per heavy atom. The Balaban J connectivity index is 1.56. The third kappa shape index (κ3) is 4.51. The summed E-state index contributed by atoms with van der Waals surface area (Å²) >= 11 is 12.2. The Morgan fingerprint density at radius 1 is 0.931 bits per heavy atom. The van der Waals surface area contributed by atoms with E-state index in [1.807, 2.05) is 60.7 Å². The van der Waals surface area contributed by atoms with Gasteiger partial charge < -0.3 is 4.74 Å². The van der Waals surface area contributed by atoms with Crippen molar-refractivity contribution in [3.05, 3.63) is 106 Å². The molecule has 3 aromatic rings. The molecule has 0 N–H and O–H groups in total. The van der Waals surface area contributed by atoms with Gasteiger partial charge in [-0.05, 0) is 41.0 Å². The monoisotopic (exact) mass is 424 g/mol. The minimum Gasteiger partial charge on any atom is -0.361 e. The number of carbonyl (C=O) groups excluding carboxylic acids is 1. The van der Waals surface area contributed by atoms with Gasteiger partial charge in [0.2, 0.25) is 0 Å². The van der Waals surface area contributed by atoms with Crippen LogP contribution in [0, 0.1) is 0 Å². The summed E-state index contributed by atoms with van der Waals surface area (Å²) in [4.78, 5) is 12.8. The standard InChI is InChI=1S/C23H18Cl2N2O2/c24-19-10-4-8-17(12-19)14-26-27-21(18-9-5-11-20(25)13-18)22(23(27)28)29-15-16-6-2-1-3-7-16/h1-14,21-22H,15H2/b26-14-/t21-,22+/m1/s1. The zero-order valence-corrected chi connectivity index (χ0v) is 16.9. The van der Waals surface area contributed by atoms with E-state index >= 15 is 0 Å². The summed E-state index contributed by atoms with van der Waals surface area (Å²) in [6, 6.07) is 24.1. The van der Waals surface area contributed by atoms with Crippen molar-refractivity contribution in [3.63, 3.8) is 0 Å². The number of hydrogen-bond acceptors (Lipinski definition) is 3. The highest BCUT2D eigenvalue weighted by atomic mass is 35.5. The molecule has 0 aromatic heterocycles. The van der Waals surface area contributed by atoms with E-state index in [4.69, 9.17) is 27.9 Å². The number of amides is 1. The minimum absolute atomic E-state index is 0.191. The van der Waals surface area contributed by atoms with Crippen molar-refractivity contribution in [2.75, 3.05) is 0 Å². The van der Waals surface area contributed by atoms with E-state index in [2.05, 4.69) is 5.10 Å². The fourth-order valence-corrected chi connectivity index (χ4v) is 3.62. The van der Waals surface area contributed by atoms with Gasteiger partial charge in [0.25, 0.3) is 5.91 Å². The molecule has 0 spiro atoms. The van der Waals surface area contributed by atoms with Crippen LogP contribution in [0.2, 0.25) is 10.0 Å². The lowest BCUT2D eigenvalue weighted by molar-refractivity contribution is -0.176. The molecule has 0 aliphatic carbocycles. The van der Waals surface area contributed by atoms with Crippen LogP contribution in [0.1, 0.15) is 22.7 Å². The first-order valence-corrected chi connectivity index (χ1v) is 9.91. The Labute approximate surface area is 179 Å². The molecule has 1 saturated heterocycles. The summed E-state index contributed by atoms with van der Waals surface area (Å²) in [5.74, 6) is -0.191. The molecule has 3 aromatic carbocycles. The smallest absolute Gasteiger partial charge is 0.275 e. The van der Waals surface area contributed by atoms with Crippen LogP contribution in [0.4, 0.5) is 0 Å². The number of carbonyl (C=O) groups is 1. The van der Waals surface area contributed by atoms with E-state index in [1.54, 1.807) is 24.4 Å². The number of hydrazone groups is 1. The molecule has 29 heavy (non-hydrogen) atoms. The second-order valence-corrected chi connectivity index (χ2v) is 7.57. The van der Waals surface area contributed by atoms with Gasteiger partial charge in [-0.1, -0.05) is 77.8 Å². The average Bonchev–Trinajstić information content (AvgIpc) is 2.72. The van der Waals surface area contributed by atoms with Crippen molar-refractivity contribution in [2.24, 2.45) is 5.10 Å². The molecule has 146 valence electrons. The Morgan fingerprint density at radius 3 is 2.38 bits per heavy atom. The fraction of sp³-hybridized carbons (Fsp3) is 0.130. The van der Waals surface area contributed by atoms with Crippen molar-refractivity contribution in [1.82, 2.24) is 5.01 Å². The first-order chi connectivity index (χ1) is 14.1. The van der Waals surface area contributed by atoms with Gasteiger partial charge in [0.15, 0.2) is 6.10 Å². The van der Waals surface area contributed by atoms with E-state index in [0.29, 0.717) is 16.7 Å². The number of benzene rings is 3. The minimum atomic E-state index is -0.620. The van der Waals surface area contributed by atoms with Crippen LogP contribution >= 0.6 is 23.2 Å². The first-order valence-electron chi connectivity index (χ1n) is 9.15. The van der Waals surface area contributed by atoms with Crippen molar-refractivity contribution >= 4 is 35.3 Å². The van der Waals surface area contributed by atoms with Gasteiger partial charge in [-0.15, -0.1) is 0 Å². The van der Waals surface area contributed by atoms with Crippen molar-refractivity contribution < 1.29 is 9.53 Å². The number of hydrogen-bond donors (Lipinski definition) is 0. The molecule has 6 heteroatoms. The molecule has 1 amide bonds. The number of halogens is 2. The number of rotatable bonds is 6. The summed E-state index contributed by atoms with van der Waals surface area (Å²) in [6.45, 7) is 0.347. The highest BCUT2D eigenvalue weighted by Gasteiger charge is 2.49. The van der Waals surface area contributed by atoms with Crippen molar-refractivity contribution in [2.45, 2.75) is 18.8 Å². The predicted octanol–water partition coefficient (Wildman–Crippen LogP) is 5.50. The third-order valence-corrected chi connectivity index (χ3v) is 5.13. The van der Waals surface area contributed by atoms with Crippen LogP contribution in [-0.2, 0) is 16.1 Å². The molecule has 0 saturated carbocycles. The summed E-state index contributed by atoms with van der Waals surface area (Å²) in [5, 5.41) is 7.03. The lowest BCUT2D eigenvalue weighted by Gasteiger charge is -2.43. The molecule has 1 fully saturated rings. The lowest BCUT2D eigenvalue weighted by Crippen LogP contribution is -2.57. The van der Waals surface area contributed by atoms with E-state index in [0.717, 1.165) is 16.7 Å². The molecule has 1 aliphatic heterocycles. The summed E-state index contributed by atoms with van der Waals surface area (Å²) in [5.41, 5.74) is 2.69. The third-order valence-electron chi connectivity index (χ3n) is 4.66. The fourth-order valence-electron chi connectivity index (χ4n) is 3.22. The van der Waals surface area contributed by atoms with Gasteiger partial charge in [0.1, 0.15) is 6.04 Å². The highest BCUT2D eigenvalue weighted by molar-refractivity contribution is 6.31. The molecule has 0 unspecified atom stereocenters. The molecule has 4 rings (SSSR count). The van der Waals surface area contributed by atoms with Gasteiger partial charge in [0.05, 0.1) is 12.8 Å². The number of β-lactam (4-membered cyclic amide) rings is 1. The van der Waals surface area contributed by atoms with Crippen molar-refractivity contribution in [3.8, 4) is 0 Å². The molecule has 0 radical (unpaired) electrons. The van der Waals surface area contributed by atoms with E-state index < -0.39 is 6.10 Å². The topological polar surface area (TPSA) is 41.9 Å². The lowest BCUT2D eigenvalue weighted by atomic mass is 9.92. The Bertz CT molecular complexity index is 1040. The largest absolute Gasteiger partial charge is 0.361 e. The zero-order valence-electron chi connectivity index (χ0n) is 15.4. The van der Waals surface area contributed by atoms with E-state index in [1.165, 1.54) is 5.01 Å². The number of nitrogens with zero attached hydrogens (tertiary/aromatic N) is 2. The van der Waals surface area contributed by atoms with Crippen LogP contribution in [0.3, 0.4) is 0 Å². The number of ether oxygens (including phenoxy) is 1. The van der Waals surface area contributed by atoms with Gasteiger partial charge in [-0.2, -0.15) is 5.10 Å². The van der Waals surface area contributed by atoms with Crippen LogP contribution < -0.4 is 0 Å². The SMILES string of the molecule is O=C1[C@@H](OCc2ccccc2)[C@@H](c2cccc(Cl)c2)N1/N=C\c1cccc(Cl)c1. The zero-order chi connectivity index (χ0) is 20.2. The molecule has 2 atom stereocenters. The maximum atomic E-state index is 12.8. The second kappa shape index (κ2) is 8.78. The van der Waals surface area contributed by atoms with Gasteiger partial charge in [-0.3, -0.25) is 4.79 Å². The maximum absolute atomic E-state index is 12.8. The average molecular weight is 425 g/mol. The summed E-state index contributed by atoms with van der Waals surface area (Å²) < 4.78 is 5.96. The molecule has 1 aliphatic rings. The molecule has 1 heterocycles. The van der Waals surface area contributed by atoms with Gasteiger partial charge in [0, 0.05) is 10.0 Å². The van der Waals surface area contributed by atoms with Crippen LogP contribution in [-0.4, -0.2) is 23.2 Å². The normalized spacial score (nSPS) is 18.8. The molecular weight excluding hydrogens is 407 g/mol. The molecule has 0 bridgehead atoms. The Kier molecular flexibility index (Phi) is 5.95. The van der Waals surface area contributed by atoms with Crippen molar-refractivity contribution in [1.29, 1.82) is 0 Å². The van der Waals surface area contributed by atoms with Crippen LogP contribution in [0.25, 0.3) is 0 Å². The summed E-state index contributed by atoms with van der Waals surface area (Å²) in [7, 11) is 0. The van der Waals surface area contributed by atoms with Gasteiger partial charge >= 0.3 is 0 Å². The quantitative estimate of drug-likeness (QED) is 0.387. The molecular formula is C23H18Cl2N2O2. The highest BCUT2D eigenvalue weighted by Crippen LogP contribution is 2.38. The molecule has 4 nitrogen and oxygen atoms in total. The Hall–Kier alpha value is -2.66.